The lowest BCUT2D eigenvalue weighted by atomic mass is 10.2. The van der Waals surface area contributed by atoms with Crippen LogP contribution in [0.5, 0.6) is 0 Å². The molecule has 4 aromatic rings. The van der Waals surface area contributed by atoms with E-state index in [2.05, 4.69) is 30.5 Å². The molecule has 0 spiro atoms. The standard InChI is InChI=1S/C18H14ClFN10O/c1-7(26-15-11(4-21)14(22)28-18(23)29-15)16-27-13-10(2-8(20)3-12(13)19)17(31)30(16)9-5-24-25-6-9/h2-3,5-7H,1H3,(H,24,25)(H5,22,23,26,28,29)/t7-/m0/s1. The first kappa shape index (κ1) is 20.0. The molecular formula is C18H14ClFN10O. The number of nitrogens with zero attached hydrogens (tertiary/aromatic N) is 6. The molecule has 1 aromatic carbocycles. The Morgan fingerprint density at radius 2 is 2.10 bits per heavy atom. The van der Waals surface area contributed by atoms with Gasteiger partial charge in [-0.15, -0.1) is 0 Å². The molecule has 0 bridgehead atoms. The van der Waals surface area contributed by atoms with Gasteiger partial charge in [-0.25, -0.2) is 9.37 Å². The number of aromatic amines is 1. The number of H-pyrrole nitrogens is 1. The van der Waals surface area contributed by atoms with Crippen molar-refractivity contribution in [1.29, 1.82) is 5.26 Å². The molecule has 0 unspecified atom stereocenters. The molecule has 6 N–H and O–H groups in total. The smallest absolute Gasteiger partial charge is 0.266 e. The summed E-state index contributed by atoms with van der Waals surface area (Å²) in [6.45, 7) is 1.68. The molecule has 4 rings (SSSR count). The summed E-state index contributed by atoms with van der Waals surface area (Å²) in [4.78, 5) is 25.5. The Morgan fingerprint density at radius 1 is 1.32 bits per heavy atom. The van der Waals surface area contributed by atoms with Crippen LogP contribution in [-0.4, -0.2) is 29.7 Å². The number of anilines is 3. The highest BCUT2D eigenvalue weighted by atomic mass is 35.5. The van der Waals surface area contributed by atoms with E-state index in [-0.39, 0.29) is 44.9 Å². The molecule has 0 radical (unpaired) electrons. The van der Waals surface area contributed by atoms with Crippen molar-refractivity contribution in [3.63, 3.8) is 0 Å². The fourth-order valence-corrected chi connectivity index (χ4v) is 3.37. The van der Waals surface area contributed by atoms with Crippen molar-refractivity contribution in [2.24, 2.45) is 0 Å². The van der Waals surface area contributed by atoms with Gasteiger partial charge < -0.3 is 16.8 Å². The van der Waals surface area contributed by atoms with Crippen LogP contribution >= 0.6 is 11.6 Å². The molecule has 0 aliphatic carbocycles. The third-order valence-corrected chi connectivity index (χ3v) is 4.75. The zero-order chi connectivity index (χ0) is 22.3. The number of rotatable bonds is 4. The summed E-state index contributed by atoms with van der Waals surface area (Å²) < 4.78 is 15.1. The quantitative estimate of drug-likeness (QED) is 0.368. The average Bonchev–Trinajstić information content (AvgIpc) is 3.22. The minimum atomic E-state index is -0.700. The van der Waals surface area contributed by atoms with Crippen LogP contribution in [0.15, 0.2) is 29.3 Å². The molecule has 3 heterocycles. The third-order valence-electron chi connectivity index (χ3n) is 4.47. The van der Waals surface area contributed by atoms with E-state index in [0.717, 1.165) is 12.1 Å². The van der Waals surface area contributed by atoms with Gasteiger partial charge in [0.2, 0.25) is 5.95 Å². The number of benzene rings is 1. The van der Waals surface area contributed by atoms with Crippen molar-refractivity contribution in [2.45, 2.75) is 13.0 Å². The first-order valence-corrected chi connectivity index (χ1v) is 9.18. The normalized spacial score (nSPS) is 11.9. The van der Waals surface area contributed by atoms with Gasteiger partial charge in [-0.2, -0.15) is 20.3 Å². The van der Waals surface area contributed by atoms with Gasteiger partial charge in [0, 0.05) is 6.20 Å². The first-order chi connectivity index (χ1) is 14.8. The van der Waals surface area contributed by atoms with Gasteiger partial charge in [-0.1, -0.05) is 11.6 Å². The minimum Gasteiger partial charge on any atom is -0.382 e. The molecule has 0 aliphatic heterocycles. The molecule has 0 fully saturated rings. The summed E-state index contributed by atoms with van der Waals surface area (Å²) in [5.74, 6) is -0.629. The van der Waals surface area contributed by atoms with Crippen molar-refractivity contribution in [3.05, 3.63) is 57.1 Å². The van der Waals surface area contributed by atoms with Crippen LogP contribution in [0.3, 0.4) is 0 Å². The Kier molecular flexibility index (Phi) is 4.88. The Bertz CT molecular complexity index is 1410. The van der Waals surface area contributed by atoms with Crippen molar-refractivity contribution >= 4 is 40.1 Å². The Morgan fingerprint density at radius 3 is 2.77 bits per heavy atom. The van der Waals surface area contributed by atoms with E-state index in [0.29, 0.717) is 5.69 Å². The second-order valence-corrected chi connectivity index (χ2v) is 6.93. The zero-order valence-electron chi connectivity index (χ0n) is 15.9. The summed E-state index contributed by atoms with van der Waals surface area (Å²) in [7, 11) is 0. The van der Waals surface area contributed by atoms with Crippen LogP contribution in [0, 0.1) is 17.1 Å². The first-order valence-electron chi connectivity index (χ1n) is 8.80. The molecule has 0 saturated heterocycles. The molecular weight excluding hydrogens is 427 g/mol. The molecule has 0 amide bonds. The lowest BCUT2D eigenvalue weighted by Crippen LogP contribution is -2.27. The lowest BCUT2D eigenvalue weighted by molar-refractivity contribution is 0.629. The van der Waals surface area contributed by atoms with E-state index < -0.39 is 17.4 Å². The molecule has 31 heavy (non-hydrogen) atoms. The van der Waals surface area contributed by atoms with E-state index >= 15 is 0 Å². The number of nitriles is 1. The molecule has 0 aliphatic rings. The van der Waals surface area contributed by atoms with E-state index in [9.17, 15) is 14.4 Å². The number of hydrogen-bond acceptors (Lipinski definition) is 9. The van der Waals surface area contributed by atoms with Gasteiger partial charge >= 0.3 is 0 Å². The minimum absolute atomic E-state index is 0.00427. The predicted molar refractivity (Wildman–Crippen MR) is 112 cm³/mol. The summed E-state index contributed by atoms with van der Waals surface area (Å²) in [5, 5.41) is 18.8. The Hall–Kier alpha value is -4.24. The van der Waals surface area contributed by atoms with Crippen LogP contribution in [-0.2, 0) is 0 Å². The Balaban J connectivity index is 1.94. The van der Waals surface area contributed by atoms with E-state index in [4.69, 9.17) is 23.1 Å². The number of nitrogens with two attached hydrogens (primary N) is 2. The van der Waals surface area contributed by atoms with Crippen molar-refractivity contribution in [3.8, 4) is 11.8 Å². The van der Waals surface area contributed by atoms with Gasteiger partial charge in [-0.3, -0.25) is 14.5 Å². The molecule has 13 heteroatoms. The summed E-state index contributed by atoms with van der Waals surface area (Å²) >= 11 is 6.15. The molecule has 156 valence electrons. The largest absolute Gasteiger partial charge is 0.382 e. The van der Waals surface area contributed by atoms with E-state index in [1.807, 2.05) is 6.07 Å². The van der Waals surface area contributed by atoms with E-state index in [1.54, 1.807) is 6.92 Å². The van der Waals surface area contributed by atoms with Crippen molar-refractivity contribution in [2.75, 3.05) is 16.8 Å². The summed E-state index contributed by atoms with van der Waals surface area (Å²) in [5.41, 5.74) is 11.3. The van der Waals surface area contributed by atoms with Gasteiger partial charge in [0.1, 0.15) is 29.1 Å². The van der Waals surface area contributed by atoms with Crippen molar-refractivity contribution in [1.82, 2.24) is 29.7 Å². The number of halogens is 2. The predicted octanol–water partition coefficient (Wildman–Crippen LogP) is 1.90. The lowest BCUT2D eigenvalue weighted by Gasteiger charge is -2.20. The second-order valence-electron chi connectivity index (χ2n) is 6.52. The van der Waals surface area contributed by atoms with Crippen LogP contribution in [0.2, 0.25) is 5.02 Å². The number of fused-ring (bicyclic) bond motifs is 1. The van der Waals surface area contributed by atoms with Gasteiger partial charge in [0.25, 0.3) is 5.56 Å². The second kappa shape index (κ2) is 7.54. The monoisotopic (exact) mass is 440 g/mol. The number of aromatic nitrogens is 6. The van der Waals surface area contributed by atoms with Gasteiger partial charge in [-0.05, 0) is 19.1 Å². The van der Waals surface area contributed by atoms with Crippen LogP contribution in [0.4, 0.5) is 22.0 Å². The zero-order valence-corrected chi connectivity index (χ0v) is 16.6. The SMILES string of the molecule is C[C@H](Nc1nc(N)nc(N)c1C#N)c1nc2c(Cl)cc(F)cc2c(=O)n1-c1cn[nH]c1. The molecule has 1 atom stereocenters. The highest BCUT2D eigenvalue weighted by Crippen LogP contribution is 2.27. The van der Waals surface area contributed by atoms with E-state index in [1.165, 1.54) is 17.0 Å². The third kappa shape index (κ3) is 3.47. The van der Waals surface area contributed by atoms with Gasteiger partial charge in [0.15, 0.2) is 5.82 Å². The van der Waals surface area contributed by atoms with Crippen LogP contribution in [0.25, 0.3) is 16.6 Å². The molecule has 11 nitrogen and oxygen atoms in total. The van der Waals surface area contributed by atoms with Crippen LogP contribution in [0.1, 0.15) is 24.4 Å². The number of nitrogen functional groups attached to an aromatic ring is 2. The number of nitrogens with one attached hydrogen (secondary N) is 2. The van der Waals surface area contributed by atoms with Crippen LogP contribution < -0.4 is 22.3 Å². The van der Waals surface area contributed by atoms with Gasteiger partial charge in [0.05, 0.1) is 33.9 Å². The maximum Gasteiger partial charge on any atom is 0.266 e. The average molecular weight is 441 g/mol. The van der Waals surface area contributed by atoms with Crippen molar-refractivity contribution < 1.29 is 4.39 Å². The highest BCUT2D eigenvalue weighted by molar-refractivity contribution is 6.35. The fraction of sp³-hybridized carbons (Fsp3) is 0.111. The Labute approximate surface area is 178 Å². The molecule has 3 aromatic heterocycles. The summed E-state index contributed by atoms with van der Waals surface area (Å²) in [6.07, 6.45) is 2.89. The topological polar surface area (TPSA) is 177 Å². The highest BCUT2D eigenvalue weighted by Gasteiger charge is 2.22. The maximum atomic E-state index is 13.9. The fourth-order valence-electron chi connectivity index (χ4n) is 3.12. The molecule has 0 saturated carbocycles. The summed E-state index contributed by atoms with van der Waals surface area (Å²) in [6, 6.07) is 3.35. The maximum absolute atomic E-state index is 13.9. The number of hydrogen-bond donors (Lipinski definition) is 4.